The average Bonchev–Trinajstić information content (AvgIpc) is 2.93. The Morgan fingerprint density at radius 3 is 2.83 bits per heavy atom. The molecule has 0 saturated heterocycles. The van der Waals surface area contributed by atoms with Gasteiger partial charge >= 0.3 is 11.7 Å². The number of hydrogen-bond acceptors (Lipinski definition) is 7. The maximum absolute atomic E-state index is 11.7. The molecule has 0 spiro atoms. The summed E-state index contributed by atoms with van der Waals surface area (Å²) in [5, 5.41) is 11.3. The van der Waals surface area contributed by atoms with Crippen LogP contribution >= 0.6 is 11.6 Å². The number of carbonyl (C=O) groups excluding carboxylic acids is 1. The fourth-order valence-corrected chi connectivity index (χ4v) is 3.20. The first-order valence-electron chi connectivity index (χ1n) is 7.98. The van der Waals surface area contributed by atoms with Gasteiger partial charge in [0.15, 0.2) is 6.23 Å². The zero-order chi connectivity index (χ0) is 17.9. The molecular formula is C15H21ClN4O4. The van der Waals surface area contributed by atoms with E-state index in [2.05, 4.69) is 16.9 Å². The lowest BCUT2D eigenvalue weighted by Gasteiger charge is -2.34. The zero-order valence-electron chi connectivity index (χ0n) is 13.9. The van der Waals surface area contributed by atoms with Gasteiger partial charge in [-0.15, -0.1) is 0 Å². The molecule has 1 saturated carbocycles. The first-order valence-corrected chi connectivity index (χ1v) is 8.36. The Bertz CT molecular complexity index is 627. The van der Waals surface area contributed by atoms with Crippen molar-refractivity contribution in [2.75, 3.05) is 4.90 Å². The van der Waals surface area contributed by atoms with Crippen LogP contribution in [0.4, 0.5) is 11.5 Å². The topological polar surface area (TPSA) is 98.5 Å². The van der Waals surface area contributed by atoms with Crippen LogP contribution in [0, 0.1) is 16.0 Å². The highest BCUT2D eigenvalue weighted by atomic mass is 35.5. The van der Waals surface area contributed by atoms with Crippen LogP contribution in [0.2, 0.25) is 5.28 Å². The summed E-state index contributed by atoms with van der Waals surface area (Å²) in [4.78, 5) is 32.0. The molecule has 1 fully saturated rings. The Balaban J connectivity index is 2.44. The lowest BCUT2D eigenvalue weighted by atomic mass is 10.1. The first-order chi connectivity index (χ1) is 11.3. The van der Waals surface area contributed by atoms with Gasteiger partial charge in [0.2, 0.25) is 11.1 Å². The van der Waals surface area contributed by atoms with Crippen molar-refractivity contribution in [3.05, 3.63) is 21.6 Å². The van der Waals surface area contributed by atoms with E-state index in [1.807, 2.05) is 0 Å². The monoisotopic (exact) mass is 356 g/mol. The average molecular weight is 357 g/mol. The summed E-state index contributed by atoms with van der Waals surface area (Å²) in [5.74, 6) is 0.208. The molecule has 0 aromatic carbocycles. The second kappa shape index (κ2) is 7.74. The first kappa shape index (κ1) is 18.4. The summed E-state index contributed by atoms with van der Waals surface area (Å²) >= 11 is 5.86. The van der Waals surface area contributed by atoms with E-state index >= 15 is 0 Å². The highest BCUT2D eigenvalue weighted by Crippen LogP contribution is 2.36. The van der Waals surface area contributed by atoms with Gasteiger partial charge in [-0.05, 0) is 43.7 Å². The van der Waals surface area contributed by atoms with E-state index in [4.69, 9.17) is 16.3 Å². The summed E-state index contributed by atoms with van der Waals surface area (Å²) in [5.41, 5.74) is -0.252. The van der Waals surface area contributed by atoms with E-state index in [9.17, 15) is 14.9 Å². The van der Waals surface area contributed by atoms with Gasteiger partial charge in [0, 0.05) is 12.5 Å². The fraction of sp³-hybridized carbons (Fsp3) is 0.667. The molecule has 1 aromatic heterocycles. The van der Waals surface area contributed by atoms with Crippen molar-refractivity contribution in [3.8, 4) is 0 Å². The van der Waals surface area contributed by atoms with Gasteiger partial charge in [-0.3, -0.25) is 14.9 Å². The van der Waals surface area contributed by atoms with E-state index in [0.717, 1.165) is 25.5 Å². The summed E-state index contributed by atoms with van der Waals surface area (Å²) in [6.45, 7) is 5.51. The molecule has 0 aliphatic heterocycles. The third kappa shape index (κ3) is 4.11. The zero-order valence-corrected chi connectivity index (χ0v) is 14.7. The quantitative estimate of drug-likeness (QED) is 0.253. The molecule has 8 nitrogen and oxygen atoms in total. The van der Waals surface area contributed by atoms with Gasteiger partial charge in [0.1, 0.15) is 6.20 Å². The summed E-state index contributed by atoms with van der Waals surface area (Å²) in [6.07, 6.45) is 3.32. The molecule has 24 heavy (non-hydrogen) atoms. The third-order valence-corrected chi connectivity index (χ3v) is 4.39. The maximum Gasteiger partial charge on any atom is 0.329 e. The van der Waals surface area contributed by atoms with Gasteiger partial charge < -0.3 is 9.64 Å². The van der Waals surface area contributed by atoms with Gasteiger partial charge in [-0.2, -0.15) is 4.98 Å². The van der Waals surface area contributed by atoms with Crippen LogP contribution in [0.25, 0.3) is 0 Å². The minimum atomic E-state index is -0.683. The van der Waals surface area contributed by atoms with Crippen molar-refractivity contribution < 1.29 is 14.5 Å². The smallest absolute Gasteiger partial charge is 0.329 e. The second-order valence-corrected chi connectivity index (χ2v) is 6.37. The SMILES string of the molecule is CCC(=O)OC(C)N(c1nc(Cl)ncc1[N+](=O)[O-])C1CCC(C)C1. The Morgan fingerprint density at radius 2 is 2.29 bits per heavy atom. The van der Waals surface area contributed by atoms with Crippen molar-refractivity contribution in [2.45, 2.75) is 58.7 Å². The predicted octanol–water partition coefficient (Wildman–Crippen LogP) is 3.33. The number of ether oxygens (including phenoxy) is 1. The molecule has 1 aromatic rings. The number of rotatable bonds is 6. The minimum absolute atomic E-state index is 0.00989. The molecule has 3 atom stereocenters. The largest absolute Gasteiger partial charge is 0.442 e. The minimum Gasteiger partial charge on any atom is -0.442 e. The molecule has 132 valence electrons. The molecule has 1 aliphatic rings. The Hall–Kier alpha value is -1.96. The fourth-order valence-electron chi connectivity index (χ4n) is 3.07. The summed E-state index contributed by atoms with van der Waals surface area (Å²) < 4.78 is 5.40. The van der Waals surface area contributed by atoms with Gasteiger partial charge in [-0.1, -0.05) is 13.8 Å². The highest BCUT2D eigenvalue weighted by Gasteiger charge is 2.36. The molecule has 9 heteroatoms. The van der Waals surface area contributed by atoms with E-state index in [1.165, 1.54) is 0 Å². The van der Waals surface area contributed by atoms with Crippen molar-refractivity contribution in [3.63, 3.8) is 0 Å². The van der Waals surface area contributed by atoms with Crippen LogP contribution in [0.1, 0.15) is 46.5 Å². The highest BCUT2D eigenvalue weighted by molar-refractivity contribution is 6.28. The number of nitrogens with zero attached hydrogens (tertiary/aromatic N) is 4. The third-order valence-electron chi connectivity index (χ3n) is 4.20. The van der Waals surface area contributed by atoms with Crippen molar-refractivity contribution in [2.24, 2.45) is 5.92 Å². The van der Waals surface area contributed by atoms with Crippen LogP contribution < -0.4 is 4.90 Å². The Labute approximate surface area is 145 Å². The molecule has 1 aliphatic carbocycles. The van der Waals surface area contributed by atoms with Crippen LogP contribution in [0.15, 0.2) is 6.20 Å². The van der Waals surface area contributed by atoms with Crippen molar-refractivity contribution in [1.82, 2.24) is 9.97 Å². The van der Waals surface area contributed by atoms with Crippen LogP contribution in [-0.4, -0.2) is 33.1 Å². The normalized spacial score (nSPS) is 21.3. The van der Waals surface area contributed by atoms with Crippen molar-refractivity contribution >= 4 is 29.1 Å². The van der Waals surface area contributed by atoms with Crippen molar-refractivity contribution in [1.29, 1.82) is 0 Å². The number of halogens is 1. The van der Waals surface area contributed by atoms with Gasteiger partial charge in [0.05, 0.1) is 4.92 Å². The maximum atomic E-state index is 11.7. The summed E-state index contributed by atoms with van der Waals surface area (Å²) in [7, 11) is 0. The number of nitro groups is 1. The van der Waals surface area contributed by atoms with E-state index < -0.39 is 11.2 Å². The lowest BCUT2D eigenvalue weighted by molar-refractivity contribution is -0.384. The number of aromatic nitrogens is 2. The standard InChI is InChI=1S/C15H21ClN4O4/c1-4-13(21)24-10(3)19(11-6-5-9(2)7-11)14-12(20(22)23)8-17-15(16)18-14/h8-11H,4-7H2,1-3H3. The lowest BCUT2D eigenvalue weighted by Crippen LogP contribution is -2.44. The van der Waals surface area contributed by atoms with E-state index in [0.29, 0.717) is 5.92 Å². The van der Waals surface area contributed by atoms with Gasteiger partial charge in [-0.25, -0.2) is 4.98 Å². The number of hydrogen-bond donors (Lipinski definition) is 0. The Kier molecular flexibility index (Phi) is 5.93. The molecule has 3 unspecified atom stereocenters. The molecule has 0 N–H and O–H groups in total. The number of esters is 1. The van der Waals surface area contributed by atoms with Crippen LogP contribution in [0.5, 0.6) is 0 Å². The molecule has 0 bridgehead atoms. The van der Waals surface area contributed by atoms with E-state index in [-0.39, 0.29) is 35.2 Å². The second-order valence-electron chi connectivity index (χ2n) is 6.03. The van der Waals surface area contributed by atoms with Crippen LogP contribution in [-0.2, 0) is 9.53 Å². The predicted molar refractivity (Wildman–Crippen MR) is 88.8 cm³/mol. The molecule has 2 rings (SSSR count). The van der Waals surface area contributed by atoms with Gasteiger partial charge in [0.25, 0.3) is 0 Å². The van der Waals surface area contributed by atoms with Crippen LogP contribution in [0.3, 0.4) is 0 Å². The summed E-state index contributed by atoms with van der Waals surface area (Å²) in [6, 6.07) is -0.00989. The molecular weight excluding hydrogens is 336 g/mol. The molecule has 1 heterocycles. The Morgan fingerprint density at radius 1 is 1.58 bits per heavy atom. The molecule has 0 amide bonds. The molecule has 0 radical (unpaired) electrons. The van der Waals surface area contributed by atoms with E-state index in [1.54, 1.807) is 18.7 Å². The number of anilines is 1. The number of carbonyl (C=O) groups is 1.